The van der Waals surface area contributed by atoms with Crippen molar-refractivity contribution in [2.45, 2.75) is 25.1 Å². The number of carbonyl (C=O) groups excluding carboxylic acids is 2. The highest BCUT2D eigenvalue weighted by Gasteiger charge is 2.38. The molecule has 0 aromatic heterocycles. The molecule has 1 heterocycles. The third kappa shape index (κ3) is 4.36. The van der Waals surface area contributed by atoms with Crippen molar-refractivity contribution in [1.82, 2.24) is 10.2 Å². The van der Waals surface area contributed by atoms with E-state index in [9.17, 15) is 14.7 Å². The number of para-hydroxylation sites is 1. The number of anilines is 1. The summed E-state index contributed by atoms with van der Waals surface area (Å²) < 4.78 is 0. The minimum absolute atomic E-state index is 0.141. The maximum Gasteiger partial charge on any atom is 0.322 e. The molecule has 1 fully saturated rings. The number of benzene rings is 2. The quantitative estimate of drug-likeness (QED) is 0.796. The first kappa shape index (κ1) is 17.0. The Morgan fingerprint density at radius 2 is 1.68 bits per heavy atom. The number of nitrogens with zero attached hydrogens (tertiary/aromatic N) is 1. The van der Waals surface area contributed by atoms with Gasteiger partial charge in [0.1, 0.15) is 6.04 Å². The summed E-state index contributed by atoms with van der Waals surface area (Å²) in [7, 11) is 0. The molecule has 130 valence electrons. The van der Waals surface area contributed by atoms with E-state index >= 15 is 0 Å². The summed E-state index contributed by atoms with van der Waals surface area (Å²) in [5, 5.41) is 15.5. The number of aliphatic hydroxyl groups excluding tert-OH is 1. The van der Waals surface area contributed by atoms with E-state index in [1.807, 2.05) is 48.5 Å². The summed E-state index contributed by atoms with van der Waals surface area (Å²) in [5.74, 6) is -0.261. The lowest BCUT2D eigenvalue weighted by atomic mass is 10.1. The number of nitrogens with one attached hydrogen (secondary N) is 2. The van der Waals surface area contributed by atoms with Crippen LogP contribution < -0.4 is 10.6 Å². The number of hydrogen-bond donors (Lipinski definition) is 3. The van der Waals surface area contributed by atoms with Gasteiger partial charge in [0.25, 0.3) is 0 Å². The number of likely N-dealkylation sites (tertiary alicyclic amines) is 1. The molecule has 0 aliphatic carbocycles. The molecule has 6 nitrogen and oxygen atoms in total. The van der Waals surface area contributed by atoms with Crippen LogP contribution in [0.2, 0.25) is 0 Å². The maximum absolute atomic E-state index is 12.5. The average Bonchev–Trinajstić information content (AvgIpc) is 3.03. The maximum atomic E-state index is 12.5. The summed E-state index contributed by atoms with van der Waals surface area (Å²) in [6, 6.07) is 17.5. The number of β-amino-alcohol motifs (C(OH)–C–C–N with tert-alkyl or cyclic N) is 1. The first-order valence-corrected chi connectivity index (χ1v) is 8.26. The number of carbonyl (C=O) groups is 2. The van der Waals surface area contributed by atoms with Gasteiger partial charge in [-0.25, -0.2) is 4.79 Å². The first-order chi connectivity index (χ1) is 12.1. The molecule has 6 heteroatoms. The van der Waals surface area contributed by atoms with Crippen molar-refractivity contribution in [3.63, 3.8) is 0 Å². The van der Waals surface area contributed by atoms with E-state index in [2.05, 4.69) is 10.6 Å². The predicted octanol–water partition coefficient (Wildman–Crippen LogP) is 1.97. The Hall–Kier alpha value is -2.86. The predicted molar refractivity (Wildman–Crippen MR) is 94.9 cm³/mol. The molecule has 1 saturated heterocycles. The highest BCUT2D eigenvalue weighted by molar-refractivity contribution is 5.94. The highest BCUT2D eigenvalue weighted by Crippen LogP contribution is 2.20. The molecule has 0 radical (unpaired) electrons. The lowest BCUT2D eigenvalue weighted by Gasteiger charge is -2.24. The zero-order valence-corrected chi connectivity index (χ0v) is 13.8. The molecule has 0 saturated carbocycles. The van der Waals surface area contributed by atoms with Crippen molar-refractivity contribution >= 4 is 17.6 Å². The largest absolute Gasteiger partial charge is 0.391 e. The molecular weight excluding hydrogens is 318 g/mol. The van der Waals surface area contributed by atoms with Gasteiger partial charge in [-0.3, -0.25) is 4.79 Å². The molecule has 1 aliphatic rings. The SMILES string of the molecule is O=C(NCc1ccccc1)[C@@H]1C[C@H](O)CN1C(=O)Nc1ccccc1. The fraction of sp³-hybridized carbons (Fsp3) is 0.263. The normalized spacial score (nSPS) is 19.5. The minimum atomic E-state index is -0.700. The fourth-order valence-electron chi connectivity index (χ4n) is 2.91. The van der Waals surface area contributed by atoms with Crippen LogP contribution >= 0.6 is 0 Å². The van der Waals surface area contributed by atoms with Crippen LogP contribution in [0.5, 0.6) is 0 Å². The van der Waals surface area contributed by atoms with Gasteiger partial charge < -0.3 is 20.6 Å². The van der Waals surface area contributed by atoms with E-state index in [0.717, 1.165) is 5.56 Å². The first-order valence-electron chi connectivity index (χ1n) is 8.26. The minimum Gasteiger partial charge on any atom is -0.391 e. The zero-order chi connectivity index (χ0) is 17.6. The standard InChI is InChI=1S/C19H21N3O3/c23-16-11-17(18(24)20-12-14-7-3-1-4-8-14)22(13-16)19(25)21-15-9-5-2-6-10-15/h1-10,16-17,23H,11-13H2,(H,20,24)(H,21,25)/t16-,17-/m0/s1. The van der Waals surface area contributed by atoms with Crippen molar-refractivity contribution in [3.8, 4) is 0 Å². The molecule has 2 aromatic rings. The van der Waals surface area contributed by atoms with E-state index in [1.165, 1.54) is 4.90 Å². The number of aliphatic hydroxyl groups is 1. The topological polar surface area (TPSA) is 81.7 Å². The Morgan fingerprint density at radius 3 is 2.36 bits per heavy atom. The van der Waals surface area contributed by atoms with Gasteiger partial charge in [0.15, 0.2) is 0 Å². The van der Waals surface area contributed by atoms with Crippen molar-refractivity contribution < 1.29 is 14.7 Å². The van der Waals surface area contributed by atoms with Crippen LogP contribution in [0, 0.1) is 0 Å². The average molecular weight is 339 g/mol. The van der Waals surface area contributed by atoms with Gasteiger partial charge in [-0.05, 0) is 17.7 Å². The Morgan fingerprint density at radius 1 is 1.04 bits per heavy atom. The van der Waals surface area contributed by atoms with E-state index in [4.69, 9.17) is 0 Å². The molecule has 1 aliphatic heterocycles. The van der Waals surface area contributed by atoms with Crippen LogP contribution in [-0.4, -0.2) is 40.6 Å². The third-order valence-corrected chi connectivity index (χ3v) is 4.18. The molecule has 3 rings (SSSR count). The lowest BCUT2D eigenvalue weighted by Crippen LogP contribution is -2.47. The second-order valence-electron chi connectivity index (χ2n) is 6.06. The molecule has 25 heavy (non-hydrogen) atoms. The number of urea groups is 1. The van der Waals surface area contributed by atoms with Crippen molar-refractivity contribution in [3.05, 3.63) is 66.2 Å². The van der Waals surface area contributed by atoms with E-state index < -0.39 is 12.1 Å². The fourth-order valence-corrected chi connectivity index (χ4v) is 2.91. The molecular formula is C19H21N3O3. The molecule has 0 unspecified atom stereocenters. The van der Waals surface area contributed by atoms with Gasteiger partial charge in [0.2, 0.25) is 5.91 Å². The van der Waals surface area contributed by atoms with Crippen LogP contribution in [0.1, 0.15) is 12.0 Å². The second-order valence-corrected chi connectivity index (χ2v) is 6.06. The van der Waals surface area contributed by atoms with Crippen molar-refractivity contribution in [2.75, 3.05) is 11.9 Å². The summed E-state index contributed by atoms with van der Waals surface area (Å²) in [6.45, 7) is 0.530. The van der Waals surface area contributed by atoms with Crippen LogP contribution in [0.25, 0.3) is 0 Å². The van der Waals surface area contributed by atoms with Crippen LogP contribution in [0.15, 0.2) is 60.7 Å². The molecule has 3 amide bonds. The highest BCUT2D eigenvalue weighted by atomic mass is 16.3. The Labute approximate surface area is 146 Å². The van der Waals surface area contributed by atoms with Gasteiger partial charge in [0, 0.05) is 25.2 Å². The Bertz CT molecular complexity index is 721. The van der Waals surface area contributed by atoms with Crippen LogP contribution in [0.4, 0.5) is 10.5 Å². The van der Waals surface area contributed by atoms with Gasteiger partial charge in [0.05, 0.1) is 6.10 Å². The van der Waals surface area contributed by atoms with E-state index in [0.29, 0.717) is 12.2 Å². The number of amides is 3. The lowest BCUT2D eigenvalue weighted by molar-refractivity contribution is -0.124. The third-order valence-electron chi connectivity index (χ3n) is 4.18. The van der Waals surface area contributed by atoms with E-state index in [1.54, 1.807) is 12.1 Å². The Kier molecular flexibility index (Phi) is 5.30. The van der Waals surface area contributed by atoms with Gasteiger partial charge in [-0.15, -0.1) is 0 Å². The number of hydrogen-bond acceptors (Lipinski definition) is 3. The second kappa shape index (κ2) is 7.81. The smallest absolute Gasteiger partial charge is 0.322 e. The Balaban J connectivity index is 1.62. The molecule has 2 aromatic carbocycles. The van der Waals surface area contributed by atoms with Gasteiger partial charge in [-0.1, -0.05) is 48.5 Å². The van der Waals surface area contributed by atoms with Crippen molar-refractivity contribution in [1.29, 1.82) is 0 Å². The summed E-state index contributed by atoms with van der Waals surface area (Å²) in [6.07, 6.45) is -0.461. The van der Waals surface area contributed by atoms with E-state index in [-0.39, 0.29) is 24.9 Å². The molecule has 0 spiro atoms. The molecule has 2 atom stereocenters. The molecule has 0 bridgehead atoms. The summed E-state index contributed by atoms with van der Waals surface area (Å²) >= 11 is 0. The zero-order valence-electron chi connectivity index (χ0n) is 13.8. The van der Waals surface area contributed by atoms with Gasteiger partial charge in [-0.2, -0.15) is 0 Å². The monoisotopic (exact) mass is 339 g/mol. The van der Waals surface area contributed by atoms with Crippen molar-refractivity contribution in [2.24, 2.45) is 0 Å². The molecule has 3 N–H and O–H groups in total. The van der Waals surface area contributed by atoms with Gasteiger partial charge >= 0.3 is 6.03 Å². The summed E-state index contributed by atoms with van der Waals surface area (Å²) in [4.78, 5) is 26.3. The van der Waals surface area contributed by atoms with Crippen LogP contribution in [-0.2, 0) is 11.3 Å². The summed E-state index contributed by atoms with van der Waals surface area (Å²) in [5.41, 5.74) is 1.63. The number of rotatable bonds is 4. The van der Waals surface area contributed by atoms with Crippen LogP contribution in [0.3, 0.4) is 0 Å².